The van der Waals surface area contributed by atoms with E-state index in [0.29, 0.717) is 28.1 Å². The summed E-state index contributed by atoms with van der Waals surface area (Å²) >= 11 is 0. The fourth-order valence-electron chi connectivity index (χ4n) is 2.54. The number of hydrogen-bond acceptors (Lipinski definition) is 4. The first-order valence-electron chi connectivity index (χ1n) is 8.53. The Balaban J connectivity index is 1.69. The summed E-state index contributed by atoms with van der Waals surface area (Å²) in [5, 5.41) is 5.54. The Morgan fingerprint density at radius 3 is 1.89 bits per heavy atom. The quantitative estimate of drug-likeness (QED) is 0.662. The molecule has 0 aliphatic rings. The molecule has 6 heteroatoms. The first-order valence-corrected chi connectivity index (χ1v) is 8.53. The van der Waals surface area contributed by atoms with E-state index in [1.54, 1.807) is 36.4 Å². The Hall–Kier alpha value is -3.93. The van der Waals surface area contributed by atoms with Crippen LogP contribution < -0.4 is 10.6 Å². The molecule has 0 spiro atoms. The Bertz CT molecular complexity index is 999. The van der Waals surface area contributed by atoms with Gasteiger partial charge < -0.3 is 15.4 Å². The van der Waals surface area contributed by atoms with Gasteiger partial charge in [-0.05, 0) is 54.6 Å². The molecule has 0 aliphatic heterocycles. The third kappa shape index (κ3) is 4.62. The second kappa shape index (κ2) is 8.64. The van der Waals surface area contributed by atoms with Gasteiger partial charge in [0.15, 0.2) is 0 Å². The number of carbonyl (C=O) groups excluding carboxylic acids is 3. The topological polar surface area (TPSA) is 84.5 Å². The van der Waals surface area contributed by atoms with Crippen molar-refractivity contribution >= 4 is 29.2 Å². The number of ether oxygens (including phenoxy) is 1. The highest BCUT2D eigenvalue weighted by molar-refractivity contribution is 6.07. The van der Waals surface area contributed by atoms with Crippen LogP contribution in [0.15, 0.2) is 78.9 Å². The number of benzene rings is 3. The van der Waals surface area contributed by atoms with Crippen molar-refractivity contribution in [1.82, 2.24) is 0 Å². The summed E-state index contributed by atoms with van der Waals surface area (Å²) in [5.74, 6) is -1.09. The maximum absolute atomic E-state index is 12.4. The fraction of sp³-hybridized carbons (Fsp3) is 0.0455. The van der Waals surface area contributed by atoms with Gasteiger partial charge in [-0.1, -0.05) is 24.3 Å². The number of hydrogen-bond donors (Lipinski definition) is 2. The Kier molecular flexibility index (Phi) is 5.81. The third-order valence-corrected chi connectivity index (χ3v) is 3.98. The van der Waals surface area contributed by atoms with Crippen LogP contribution in [0.4, 0.5) is 11.4 Å². The molecule has 0 saturated heterocycles. The zero-order valence-corrected chi connectivity index (χ0v) is 15.1. The summed E-state index contributed by atoms with van der Waals surface area (Å²) in [5.41, 5.74) is 2.34. The zero-order valence-electron chi connectivity index (χ0n) is 15.1. The number of para-hydroxylation sites is 1. The van der Waals surface area contributed by atoms with E-state index in [1.807, 2.05) is 18.2 Å². The first kappa shape index (κ1) is 18.8. The van der Waals surface area contributed by atoms with Gasteiger partial charge >= 0.3 is 5.97 Å². The second-order valence-corrected chi connectivity index (χ2v) is 5.92. The van der Waals surface area contributed by atoms with E-state index in [-0.39, 0.29) is 11.8 Å². The predicted octanol–water partition coefficient (Wildman–Crippen LogP) is 3.98. The number of nitrogens with one attached hydrogen (secondary N) is 2. The van der Waals surface area contributed by atoms with E-state index in [2.05, 4.69) is 15.4 Å². The third-order valence-electron chi connectivity index (χ3n) is 3.98. The lowest BCUT2D eigenvalue weighted by Gasteiger charge is -2.09. The van der Waals surface area contributed by atoms with Gasteiger partial charge in [-0.15, -0.1) is 0 Å². The lowest BCUT2D eigenvalue weighted by molar-refractivity contribution is 0.0600. The number of methoxy groups -OCH3 is 1. The Morgan fingerprint density at radius 1 is 0.643 bits per heavy atom. The van der Waals surface area contributed by atoms with Crippen molar-refractivity contribution in [3.05, 3.63) is 95.6 Å². The maximum Gasteiger partial charge on any atom is 0.337 e. The van der Waals surface area contributed by atoms with Crippen LogP contribution in [0.25, 0.3) is 0 Å². The van der Waals surface area contributed by atoms with Gasteiger partial charge in [-0.25, -0.2) is 4.79 Å². The van der Waals surface area contributed by atoms with E-state index >= 15 is 0 Å². The molecule has 140 valence electrons. The molecule has 0 fully saturated rings. The summed E-state index contributed by atoms with van der Waals surface area (Å²) in [4.78, 5) is 36.3. The molecule has 3 aromatic rings. The van der Waals surface area contributed by atoms with Crippen LogP contribution in [-0.2, 0) is 4.74 Å². The molecule has 0 atom stereocenters. The van der Waals surface area contributed by atoms with E-state index in [4.69, 9.17) is 0 Å². The van der Waals surface area contributed by atoms with Crippen LogP contribution in [0.2, 0.25) is 0 Å². The van der Waals surface area contributed by atoms with E-state index in [1.165, 1.54) is 31.4 Å². The number of carbonyl (C=O) groups is 3. The van der Waals surface area contributed by atoms with E-state index < -0.39 is 5.97 Å². The molecule has 0 aliphatic carbocycles. The second-order valence-electron chi connectivity index (χ2n) is 5.92. The van der Waals surface area contributed by atoms with Gasteiger partial charge in [0.05, 0.1) is 12.7 Å². The monoisotopic (exact) mass is 374 g/mol. The SMILES string of the molecule is COC(=O)c1ccc(C(=O)Nc2cccc(C(=O)Nc3ccccc3)c2)cc1. The van der Waals surface area contributed by atoms with Crippen molar-refractivity contribution in [2.24, 2.45) is 0 Å². The van der Waals surface area contributed by atoms with E-state index in [9.17, 15) is 14.4 Å². The minimum Gasteiger partial charge on any atom is -0.465 e. The normalized spacial score (nSPS) is 10.0. The summed E-state index contributed by atoms with van der Waals surface area (Å²) < 4.78 is 4.63. The molecule has 0 radical (unpaired) electrons. The molecular weight excluding hydrogens is 356 g/mol. The molecule has 0 unspecified atom stereocenters. The van der Waals surface area contributed by atoms with Crippen LogP contribution in [-0.4, -0.2) is 24.9 Å². The van der Waals surface area contributed by atoms with Crippen LogP contribution in [0.3, 0.4) is 0 Å². The van der Waals surface area contributed by atoms with Gasteiger partial charge in [-0.3, -0.25) is 9.59 Å². The van der Waals surface area contributed by atoms with Crippen LogP contribution >= 0.6 is 0 Å². The fourth-order valence-corrected chi connectivity index (χ4v) is 2.54. The van der Waals surface area contributed by atoms with Crippen molar-refractivity contribution in [1.29, 1.82) is 0 Å². The molecule has 0 saturated carbocycles. The molecule has 2 amide bonds. The molecule has 0 heterocycles. The lowest BCUT2D eigenvalue weighted by atomic mass is 10.1. The molecule has 6 nitrogen and oxygen atoms in total. The van der Waals surface area contributed by atoms with Crippen molar-refractivity contribution in [3.8, 4) is 0 Å². The lowest BCUT2D eigenvalue weighted by Crippen LogP contribution is -2.15. The maximum atomic E-state index is 12.4. The number of rotatable bonds is 5. The summed E-state index contributed by atoms with van der Waals surface area (Å²) in [6.07, 6.45) is 0. The van der Waals surface area contributed by atoms with Crippen molar-refractivity contribution < 1.29 is 19.1 Å². The summed E-state index contributed by atoms with van der Waals surface area (Å²) in [7, 11) is 1.30. The smallest absolute Gasteiger partial charge is 0.337 e. The molecule has 0 bridgehead atoms. The average molecular weight is 374 g/mol. The van der Waals surface area contributed by atoms with Crippen LogP contribution in [0.1, 0.15) is 31.1 Å². The molecule has 3 rings (SSSR count). The van der Waals surface area contributed by atoms with Gasteiger partial charge in [0, 0.05) is 22.5 Å². The van der Waals surface area contributed by atoms with Crippen LogP contribution in [0.5, 0.6) is 0 Å². The Morgan fingerprint density at radius 2 is 1.21 bits per heavy atom. The largest absolute Gasteiger partial charge is 0.465 e. The van der Waals surface area contributed by atoms with Crippen molar-refractivity contribution in [3.63, 3.8) is 0 Å². The van der Waals surface area contributed by atoms with Crippen LogP contribution in [0, 0.1) is 0 Å². The van der Waals surface area contributed by atoms with Gasteiger partial charge in [-0.2, -0.15) is 0 Å². The van der Waals surface area contributed by atoms with Crippen molar-refractivity contribution in [2.75, 3.05) is 17.7 Å². The number of amides is 2. The Labute approximate surface area is 162 Å². The van der Waals surface area contributed by atoms with Crippen molar-refractivity contribution in [2.45, 2.75) is 0 Å². The van der Waals surface area contributed by atoms with Gasteiger partial charge in [0.2, 0.25) is 0 Å². The predicted molar refractivity (Wildman–Crippen MR) is 107 cm³/mol. The summed E-state index contributed by atoms with van der Waals surface area (Å²) in [6, 6.07) is 21.9. The molecule has 3 aromatic carbocycles. The highest BCUT2D eigenvalue weighted by Gasteiger charge is 2.11. The number of esters is 1. The molecule has 28 heavy (non-hydrogen) atoms. The highest BCUT2D eigenvalue weighted by Crippen LogP contribution is 2.15. The van der Waals surface area contributed by atoms with Gasteiger partial charge in [0.1, 0.15) is 0 Å². The standard InChI is InChI=1S/C22H18N2O4/c1-28-22(27)16-12-10-15(11-13-16)20(25)24-19-9-5-6-17(14-19)21(26)23-18-7-3-2-4-8-18/h2-14H,1H3,(H,23,26)(H,24,25). The highest BCUT2D eigenvalue weighted by atomic mass is 16.5. The average Bonchev–Trinajstić information content (AvgIpc) is 2.74. The number of anilines is 2. The minimum absolute atomic E-state index is 0.273. The molecule has 2 N–H and O–H groups in total. The summed E-state index contributed by atoms with van der Waals surface area (Å²) in [6.45, 7) is 0. The zero-order chi connectivity index (χ0) is 19.9. The molecular formula is C22H18N2O4. The first-order chi connectivity index (χ1) is 13.6. The van der Waals surface area contributed by atoms with E-state index in [0.717, 1.165) is 0 Å². The molecule has 0 aromatic heterocycles. The minimum atomic E-state index is -0.468. The van der Waals surface area contributed by atoms with Gasteiger partial charge in [0.25, 0.3) is 11.8 Å².